The summed E-state index contributed by atoms with van der Waals surface area (Å²) in [6.07, 6.45) is 0.521. The number of nitrogen functional groups attached to an aromatic ring is 1. The van der Waals surface area contributed by atoms with Gasteiger partial charge in [-0.15, -0.1) is 0 Å². The van der Waals surface area contributed by atoms with Crippen molar-refractivity contribution in [3.8, 4) is 11.5 Å². The molecule has 2 N–H and O–H groups in total. The minimum atomic E-state index is -0.516. The highest BCUT2D eigenvalue weighted by atomic mass is 16.6. The van der Waals surface area contributed by atoms with Crippen molar-refractivity contribution < 1.29 is 14.2 Å². The Bertz CT molecular complexity index is 596. The minimum Gasteiger partial charge on any atom is -0.398 e. The first-order chi connectivity index (χ1) is 9.11. The van der Waals surface area contributed by atoms with E-state index in [4.69, 9.17) is 15.0 Å². The number of nitro benzene ring substituents is 1. The molecule has 2 rings (SSSR count). The Balaban J connectivity index is 2.26. The number of ether oxygens (including phenoxy) is 1. The third kappa shape index (κ3) is 2.86. The first-order valence-electron chi connectivity index (χ1n) is 5.47. The van der Waals surface area contributed by atoms with Gasteiger partial charge < -0.3 is 15.0 Å². The standard InChI is InChI=1S/C11H12N4O4/c1-18-5-4-10-13-11(19-14-10)8-3-2-7(15(16)17)6-9(8)12/h2-3,6H,4-5,12H2,1H3. The quantitative estimate of drug-likeness (QED) is 0.492. The summed E-state index contributed by atoms with van der Waals surface area (Å²) in [7, 11) is 1.58. The molecule has 0 atom stereocenters. The van der Waals surface area contributed by atoms with Crippen molar-refractivity contribution in [2.45, 2.75) is 6.42 Å². The number of benzene rings is 1. The Morgan fingerprint density at radius 3 is 2.95 bits per heavy atom. The third-order valence-electron chi connectivity index (χ3n) is 2.47. The van der Waals surface area contributed by atoms with E-state index in [0.29, 0.717) is 24.4 Å². The molecule has 0 saturated carbocycles. The van der Waals surface area contributed by atoms with E-state index in [1.165, 1.54) is 18.2 Å². The van der Waals surface area contributed by atoms with Gasteiger partial charge in [0.2, 0.25) is 0 Å². The molecule has 0 bridgehead atoms. The van der Waals surface area contributed by atoms with Crippen LogP contribution in [0.1, 0.15) is 5.82 Å². The lowest BCUT2D eigenvalue weighted by atomic mass is 10.1. The summed E-state index contributed by atoms with van der Waals surface area (Å²) in [5.74, 6) is 0.730. The molecule has 1 aromatic heterocycles. The van der Waals surface area contributed by atoms with Gasteiger partial charge in [-0.05, 0) is 6.07 Å². The van der Waals surface area contributed by atoms with Crippen LogP contribution in [0.2, 0.25) is 0 Å². The van der Waals surface area contributed by atoms with E-state index >= 15 is 0 Å². The molecular weight excluding hydrogens is 252 g/mol. The molecule has 0 aliphatic rings. The molecule has 0 amide bonds. The normalized spacial score (nSPS) is 10.6. The Kier molecular flexibility index (Phi) is 3.71. The zero-order chi connectivity index (χ0) is 13.8. The van der Waals surface area contributed by atoms with Gasteiger partial charge in [0.15, 0.2) is 5.82 Å². The van der Waals surface area contributed by atoms with Crippen molar-refractivity contribution in [2.24, 2.45) is 0 Å². The number of nitrogens with zero attached hydrogens (tertiary/aromatic N) is 3. The number of rotatable bonds is 5. The maximum Gasteiger partial charge on any atom is 0.271 e. The summed E-state index contributed by atoms with van der Waals surface area (Å²) in [4.78, 5) is 14.2. The topological polar surface area (TPSA) is 117 Å². The van der Waals surface area contributed by atoms with Crippen molar-refractivity contribution in [3.63, 3.8) is 0 Å². The second kappa shape index (κ2) is 5.44. The van der Waals surface area contributed by atoms with Crippen LogP contribution in [0.25, 0.3) is 11.5 Å². The largest absolute Gasteiger partial charge is 0.398 e. The predicted octanol–water partition coefficient (Wildman–Crippen LogP) is 1.42. The summed E-state index contributed by atoms with van der Waals surface area (Å²) >= 11 is 0. The number of methoxy groups -OCH3 is 1. The summed E-state index contributed by atoms with van der Waals surface area (Å²) in [6.45, 7) is 0.481. The molecule has 1 aromatic carbocycles. The lowest BCUT2D eigenvalue weighted by Gasteiger charge is -1.99. The highest BCUT2D eigenvalue weighted by Crippen LogP contribution is 2.28. The fourth-order valence-corrected chi connectivity index (χ4v) is 1.52. The molecule has 0 fully saturated rings. The van der Waals surface area contributed by atoms with Crippen molar-refractivity contribution in [3.05, 3.63) is 34.1 Å². The monoisotopic (exact) mass is 264 g/mol. The predicted molar refractivity (Wildman–Crippen MR) is 66.4 cm³/mol. The van der Waals surface area contributed by atoms with Crippen LogP contribution in [-0.4, -0.2) is 28.8 Å². The van der Waals surface area contributed by atoms with E-state index in [0.717, 1.165) is 0 Å². The average Bonchev–Trinajstić information content (AvgIpc) is 2.84. The number of aromatic nitrogens is 2. The summed E-state index contributed by atoms with van der Waals surface area (Å²) < 4.78 is 9.97. The molecule has 0 spiro atoms. The molecule has 0 unspecified atom stereocenters. The number of anilines is 1. The van der Waals surface area contributed by atoms with Crippen molar-refractivity contribution >= 4 is 11.4 Å². The number of hydrogen-bond donors (Lipinski definition) is 1. The van der Waals surface area contributed by atoms with Crippen LogP contribution in [0.3, 0.4) is 0 Å². The highest BCUT2D eigenvalue weighted by Gasteiger charge is 2.15. The molecule has 100 valence electrons. The van der Waals surface area contributed by atoms with Gasteiger partial charge in [0.25, 0.3) is 11.6 Å². The zero-order valence-electron chi connectivity index (χ0n) is 10.2. The van der Waals surface area contributed by atoms with Crippen LogP contribution in [0, 0.1) is 10.1 Å². The molecule has 0 saturated heterocycles. The van der Waals surface area contributed by atoms with Crippen LogP contribution >= 0.6 is 0 Å². The van der Waals surface area contributed by atoms with E-state index in [1.807, 2.05) is 0 Å². The zero-order valence-corrected chi connectivity index (χ0v) is 10.2. The van der Waals surface area contributed by atoms with E-state index in [1.54, 1.807) is 7.11 Å². The minimum absolute atomic E-state index is 0.0830. The van der Waals surface area contributed by atoms with Gasteiger partial charge in [0.1, 0.15) is 0 Å². The fraction of sp³-hybridized carbons (Fsp3) is 0.273. The lowest BCUT2D eigenvalue weighted by molar-refractivity contribution is -0.384. The second-order valence-corrected chi connectivity index (χ2v) is 3.79. The SMILES string of the molecule is COCCc1noc(-c2ccc([N+](=O)[O-])cc2N)n1. The van der Waals surface area contributed by atoms with E-state index in [-0.39, 0.29) is 17.3 Å². The average molecular weight is 264 g/mol. The Morgan fingerprint density at radius 1 is 1.53 bits per heavy atom. The van der Waals surface area contributed by atoms with Crippen molar-refractivity contribution in [1.82, 2.24) is 10.1 Å². The van der Waals surface area contributed by atoms with Crippen molar-refractivity contribution in [2.75, 3.05) is 19.5 Å². The first kappa shape index (κ1) is 13.0. The highest BCUT2D eigenvalue weighted by molar-refractivity contribution is 5.72. The van der Waals surface area contributed by atoms with Crippen LogP contribution in [0.15, 0.2) is 22.7 Å². The number of hydrogen-bond acceptors (Lipinski definition) is 7. The number of non-ortho nitro benzene ring substituents is 1. The van der Waals surface area contributed by atoms with E-state index < -0.39 is 4.92 Å². The van der Waals surface area contributed by atoms with Crippen LogP contribution in [0.4, 0.5) is 11.4 Å². The molecule has 19 heavy (non-hydrogen) atoms. The number of nitrogens with two attached hydrogens (primary N) is 1. The van der Waals surface area contributed by atoms with Crippen LogP contribution < -0.4 is 5.73 Å². The van der Waals surface area contributed by atoms with Gasteiger partial charge in [0, 0.05) is 25.7 Å². The van der Waals surface area contributed by atoms with Gasteiger partial charge in [-0.2, -0.15) is 4.98 Å². The summed E-state index contributed by atoms with van der Waals surface area (Å²) in [5, 5.41) is 14.4. The van der Waals surface area contributed by atoms with Crippen molar-refractivity contribution in [1.29, 1.82) is 0 Å². The van der Waals surface area contributed by atoms with Gasteiger partial charge in [0.05, 0.1) is 22.8 Å². The molecule has 8 heteroatoms. The van der Waals surface area contributed by atoms with Gasteiger partial charge in [-0.1, -0.05) is 5.16 Å². The second-order valence-electron chi connectivity index (χ2n) is 3.79. The molecule has 0 aliphatic carbocycles. The van der Waals surface area contributed by atoms with Crippen LogP contribution in [-0.2, 0) is 11.2 Å². The van der Waals surface area contributed by atoms with E-state index in [9.17, 15) is 10.1 Å². The number of nitro groups is 1. The molecule has 2 aromatic rings. The molecule has 8 nitrogen and oxygen atoms in total. The molecule has 1 heterocycles. The molecular formula is C11H12N4O4. The maximum absolute atomic E-state index is 10.6. The Morgan fingerprint density at radius 2 is 2.32 bits per heavy atom. The molecule has 0 aliphatic heterocycles. The molecule has 0 radical (unpaired) electrons. The van der Waals surface area contributed by atoms with E-state index in [2.05, 4.69) is 10.1 Å². The van der Waals surface area contributed by atoms with Crippen LogP contribution in [0.5, 0.6) is 0 Å². The smallest absolute Gasteiger partial charge is 0.271 e. The Hall–Kier alpha value is -2.48. The third-order valence-corrected chi connectivity index (χ3v) is 2.47. The lowest BCUT2D eigenvalue weighted by Crippen LogP contribution is -1.97. The Labute approximate surface area is 108 Å². The summed E-state index contributed by atoms with van der Waals surface area (Å²) in [5.41, 5.74) is 6.35. The first-order valence-corrected chi connectivity index (χ1v) is 5.47. The van der Waals surface area contributed by atoms with Gasteiger partial charge >= 0.3 is 0 Å². The van der Waals surface area contributed by atoms with Gasteiger partial charge in [-0.25, -0.2) is 0 Å². The maximum atomic E-state index is 10.6. The van der Waals surface area contributed by atoms with Gasteiger partial charge in [-0.3, -0.25) is 10.1 Å². The fourth-order valence-electron chi connectivity index (χ4n) is 1.52. The summed E-state index contributed by atoms with van der Waals surface area (Å²) in [6, 6.07) is 4.08.